The third kappa shape index (κ3) is 4.70. The Kier molecular flexibility index (Phi) is 6.12. The number of aliphatic hydroxyl groups excluding tert-OH is 1. The van der Waals surface area contributed by atoms with Crippen molar-refractivity contribution in [1.29, 1.82) is 0 Å². The zero-order valence-electron chi connectivity index (χ0n) is 10.7. The van der Waals surface area contributed by atoms with E-state index >= 15 is 0 Å². The Morgan fingerprint density at radius 3 is 2.29 bits per heavy atom. The number of amides is 1. The van der Waals surface area contributed by atoms with Crippen molar-refractivity contribution in [3.63, 3.8) is 0 Å². The maximum absolute atomic E-state index is 11.0. The van der Waals surface area contributed by atoms with Gasteiger partial charge in [0.05, 0.1) is 12.1 Å². The number of aliphatic hydroxyl groups is 1. The highest BCUT2D eigenvalue weighted by molar-refractivity contribution is 5.77. The molecule has 0 fully saturated rings. The predicted octanol–water partition coefficient (Wildman–Crippen LogP) is 0.142. The van der Waals surface area contributed by atoms with E-state index in [0.29, 0.717) is 6.42 Å². The Labute approximate surface area is 101 Å². The summed E-state index contributed by atoms with van der Waals surface area (Å²) in [4.78, 5) is 21.9. The Hall–Kier alpha value is -1.14. The summed E-state index contributed by atoms with van der Waals surface area (Å²) in [5, 5.41) is 21.5. The zero-order chi connectivity index (χ0) is 13.6. The fraction of sp³-hybridized carbons (Fsp3) is 0.818. The third-order valence-corrected chi connectivity index (χ3v) is 2.79. The number of carbonyl (C=O) groups excluding carboxylic acids is 1. The Bertz CT molecular complexity index is 281. The molecule has 0 radical (unpaired) electrons. The van der Waals surface area contributed by atoms with Crippen molar-refractivity contribution in [2.24, 2.45) is 0 Å². The number of hydrogen-bond donors (Lipinski definition) is 3. The van der Waals surface area contributed by atoms with E-state index < -0.39 is 23.7 Å². The molecule has 0 aliphatic rings. The van der Waals surface area contributed by atoms with E-state index in [4.69, 9.17) is 9.84 Å². The standard InChI is InChI=1S/C11H21NO5/c1-5-8(12-7(2)13)9(14)6-11(3,17-4)10(15)16/h8-9,14H,5-6H2,1-4H3,(H,12,13)(H,15,16). The van der Waals surface area contributed by atoms with Gasteiger partial charge in [0, 0.05) is 20.5 Å². The van der Waals surface area contributed by atoms with E-state index in [1.165, 1.54) is 21.0 Å². The molecule has 1 amide bonds. The van der Waals surface area contributed by atoms with Gasteiger partial charge in [0.25, 0.3) is 0 Å². The lowest BCUT2D eigenvalue weighted by Gasteiger charge is -2.30. The summed E-state index contributed by atoms with van der Waals surface area (Å²) in [6.07, 6.45) is -0.539. The maximum atomic E-state index is 11.0. The van der Waals surface area contributed by atoms with Crippen LogP contribution >= 0.6 is 0 Å². The minimum Gasteiger partial charge on any atom is -0.479 e. The van der Waals surface area contributed by atoms with Gasteiger partial charge in [-0.15, -0.1) is 0 Å². The monoisotopic (exact) mass is 247 g/mol. The van der Waals surface area contributed by atoms with Gasteiger partial charge < -0.3 is 20.3 Å². The lowest BCUT2D eigenvalue weighted by Crippen LogP contribution is -2.48. The summed E-state index contributed by atoms with van der Waals surface area (Å²) in [6, 6.07) is -0.471. The van der Waals surface area contributed by atoms with Crippen molar-refractivity contribution in [2.45, 2.75) is 51.4 Å². The fourth-order valence-corrected chi connectivity index (χ4v) is 1.53. The quantitative estimate of drug-likeness (QED) is 0.595. The number of aliphatic carboxylic acids is 1. The van der Waals surface area contributed by atoms with Gasteiger partial charge in [0.2, 0.25) is 5.91 Å². The maximum Gasteiger partial charge on any atom is 0.335 e. The zero-order valence-corrected chi connectivity index (χ0v) is 10.7. The minimum absolute atomic E-state index is 0.0857. The molecule has 100 valence electrons. The Balaban J connectivity index is 4.63. The second-order valence-electron chi connectivity index (χ2n) is 4.23. The van der Waals surface area contributed by atoms with Crippen LogP contribution in [0, 0.1) is 0 Å². The minimum atomic E-state index is -1.45. The number of ether oxygens (including phenoxy) is 1. The molecule has 6 heteroatoms. The van der Waals surface area contributed by atoms with Crippen molar-refractivity contribution < 1.29 is 24.5 Å². The van der Waals surface area contributed by atoms with Crippen LogP contribution in [0.25, 0.3) is 0 Å². The highest BCUT2D eigenvalue weighted by atomic mass is 16.5. The van der Waals surface area contributed by atoms with Gasteiger partial charge in [0.1, 0.15) is 0 Å². The Morgan fingerprint density at radius 2 is 2.00 bits per heavy atom. The van der Waals surface area contributed by atoms with E-state index in [2.05, 4.69) is 5.32 Å². The molecule has 0 spiro atoms. The SMILES string of the molecule is CCC(NC(C)=O)C(O)CC(C)(OC)C(=O)O. The highest BCUT2D eigenvalue weighted by Gasteiger charge is 2.37. The van der Waals surface area contributed by atoms with Crippen LogP contribution in [-0.4, -0.2) is 46.9 Å². The number of methoxy groups -OCH3 is 1. The van der Waals surface area contributed by atoms with Crippen molar-refractivity contribution in [2.75, 3.05) is 7.11 Å². The van der Waals surface area contributed by atoms with Crippen molar-refractivity contribution in [3.8, 4) is 0 Å². The van der Waals surface area contributed by atoms with Crippen molar-refractivity contribution in [1.82, 2.24) is 5.32 Å². The van der Waals surface area contributed by atoms with Crippen LogP contribution in [0.3, 0.4) is 0 Å². The lowest BCUT2D eigenvalue weighted by atomic mass is 9.93. The lowest BCUT2D eigenvalue weighted by molar-refractivity contribution is -0.164. The molecule has 0 aliphatic heterocycles. The molecule has 6 nitrogen and oxygen atoms in total. The van der Waals surface area contributed by atoms with Gasteiger partial charge in [-0.05, 0) is 13.3 Å². The van der Waals surface area contributed by atoms with Gasteiger partial charge in [-0.1, -0.05) is 6.92 Å². The van der Waals surface area contributed by atoms with Crippen molar-refractivity contribution >= 4 is 11.9 Å². The van der Waals surface area contributed by atoms with Gasteiger partial charge in [-0.3, -0.25) is 4.79 Å². The molecule has 0 bridgehead atoms. The van der Waals surface area contributed by atoms with Crippen LogP contribution in [0.1, 0.15) is 33.6 Å². The topological polar surface area (TPSA) is 95.9 Å². The molecule has 0 heterocycles. The van der Waals surface area contributed by atoms with Gasteiger partial charge in [0.15, 0.2) is 5.60 Å². The number of hydrogen-bond acceptors (Lipinski definition) is 4. The predicted molar refractivity (Wildman–Crippen MR) is 61.6 cm³/mol. The number of rotatable bonds is 7. The summed E-state index contributed by atoms with van der Waals surface area (Å²) in [5.41, 5.74) is -1.45. The third-order valence-electron chi connectivity index (χ3n) is 2.79. The van der Waals surface area contributed by atoms with E-state index in [1.54, 1.807) is 6.92 Å². The van der Waals surface area contributed by atoms with Crippen LogP contribution in [0.4, 0.5) is 0 Å². The van der Waals surface area contributed by atoms with E-state index in [-0.39, 0.29) is 12.3 Å². The summed E-state index contributed by atoms with van der Waals surface area (Å²) in [5.74, 6) is -1.40. The van der Waals surface area contributed by atoms with Crippen LogP contribution in [0.15, 0.2) is 0 Å². The summed E-state index contributed by atoms with van der Waals surface area (Å²) in [6.45, 7) is 4.54. The second-order valence-corrected chi connectivity index (χ2v) is 4.23. The number of nitrogens with one attached hydrogen (secondary N) is 1. The second kappa shape index (κ2) is 6.56. The molecule has 3 atom stereocenters. The molecule has 0 aliphatic carbocycles. The molecular formula is C11H21NO5. The summed E-state index contributed by atoms with van der Waals surface area (Å²) < 4.78 is 4.90. The molecular weight excluding hydrogens is 226 g/mol. The number of carboxylic acids is 1. The first-order chi connectivity index (χ1) is 7.76. The highest BCUT2D eigenvalue weighted by Crippen LogP contribution is 2.19. The van der Waals surface area contributed by atoms with E-state index in [0.717, 1.165) is 0 Å². The van der Waals surface area contributed by atoms with Crippen LogP contribution < -0.4 is 5.32 Å². The van der Waals surface area contributed by atoms with Crippen LogP contribution in [0.2, 0.25) is 0 Å². The summed E-state index contributed by atoms with van der Waals surface area (Å²) >= 11 is 0. The first-order valence-corrected chi connectivity index (χ1v) is 5.50. The molecule has 0 aromatic carbocycles. The van der Waals surface area contributed by atoms with Crippen LogP contribution in [0.5, 0.6) is 0 Å². The average Bonchev–Trinajstić information content (AvgIpc) is 2.24. The summed E-state index contributed by atoms with van der Waals surface area (Å²) in [7, 11) is 1.28. The van der Waals surface area contributed by atoms with E-state index in [9.17, 15) is 14.7 Å². The fourth-order valence-electron chi connectivity index (χ4n) is 1.53. The molecule has 0 saturated carbocycles. The van der Waals surface area contributed by atoms with Crippen molar-refractivity contribution in [3.05, 3.63) is 0 Å². The van der Waals surface area contributed by atoms with Gasteiger partial charge in [-0.2, -0.15) is 0 Å². The molecule has 17 heavy (non-hydrogen) atoms. The number of carboxylic acid groups (broad SMARTS) is 1. The largest absolute Gasteiger partial charge is 0.479 e. The average molecular weight is 247 g/mol. The van der Waals surface area contributed by atoms with E-state index in [1.807, 2.05) is 0 Å². The molecule has 0 aromatic rings. The Morgan fingerprint density at radius 1 is 1.47 bits per heavy atom. The molecule has 3 unspecified atom stereocenters. The smallest absolute Gasteiger partial charge is 0.335 e. The first kappa shape index (κ1) is 15.9. The molecule has 0 rings (SSSR count). The molecule has 0 aromatic heterocycles. The van der Waals surface area contributed by atoms with Gasteiger partial charge in [-0.25, -0.2) is 4.79 Å². The number of carbonyl (C=O) groups is 2. The van der Waals surface area contributed by atoms with Crippen LogP contribution in [-0.2, 0) is 14.3 Å². The molecule has 0 saturated heterocycles. The molecule has 3 N–H and O–H groups in total. The first-order valence-electron chi connectivity index (χ1n) is 5.50. The normalized spacial score (nSPS) is 17.9. The van der Waals surface area contributed by atoms with Gasteiger partial charge >= 0.3 is 5.97 Å².